The molecule has 1 aliphatic rings. The van der Waals surface area contributed by atoms with Crippen LogP contribution in [0.15, 0.2) is 42.5 Å². The minimum absolute atomic E-state index is 0.0334. The first-order valence-corrected chi connectivity index (χ1v) is 9.94. The molecule has 2 aromatic carbocycles. The van der Waals surface area contributed by atoms with E-state index in [2.05, 4.69) is 5.32 Å². The van der Waals surface area contributed by atoms with Gasteiger partial charge in [-0.2, -0.15) is 0 Å². The number of carbonyl (C=O) groups excluding carboxylic acids is 2. The number of fused-ring (bicyclic) bond motifs is 1. The van der Waals surface area contributed by atoms with Crippen LogP contribution in [-0.2, 0) is 16.0 Å². The lowest BCUT2D eigenvalue weighted by Crippen LogP contribution is -2.42. The molecule has 0 aliphatic carbocycles. The number of nitrogens with zero attached hydrogens (tertiary/aromatic N) is 1. The normalized spacial score (nSPS) is 15.2. The molecule has 6 heteroatoms. The summed E-state index contributed by atoms with van der Waals surface area (Å²) in [6.45, 7) is 9.09. The second-order valence-corrected chi connectivity index (χ2v) is 7.71. The van der Waals surface area contributed by atoms with Gasteiger partial charge in [0.2, 0.25) is 11.8 Å². The predicted molar refractivity (Wildman–Crippen MR) is 114 cm³/mol. The van der Waals surface area contributed by atoms with Gasteiger partial charge in [-0.25, -0.2) is 0 Å². The molecule has 0 saturated carbocycles. The molecule has 0 fully saturated rings. The minimum Gasteiger partial charge on any atom is -0.494 e. The number of benzene rings is 2. The van der Waals surface area contributed by atoms with Gasteiger partial charge in [-0.05, 0) is 57.5 Å². The van der Waals surface area contributed by atoms with Crippen LogP contribution >= 0.6 is 0 Å². The number of nitrogens with one attached hydrogen (secondary N) is 1. The molecule has 29 heavy (non-hydrogen) atoms. The van der Waals surface area contributed by atoms with E-state index in [-0.39, 0.29) is 18.2 Å². The Morgan fingerprint density at radius 2 is 1.90 bits per heavy atom. The number of ether oxygens (including phenoxy) is 2. The van der Waals surface area contributed by atoms with E-state index in [4.69, 9.17) is 9.47 Å². The van der Waals surface area contributed by atoms with E-state index < -0.39 is 5.41 Å². The van der Waals surface area contributed by atoms with Gasteiger partial charge in [-0.3, -0.25) is 9.59 Å². The Kier molecular flexibility index (Phi) is 6.11. The summed E-state index contributed by atoms with van der Waals surface area (Å²) in [5.41, 5.74) is 1.67. The van der Waals surface area contributed by atoms with Crippen LogP contribution < -0.4 is 19.7 Å². The topological polar surface area (TPSA) is 67.9 Å². The van der Waals surface area contributed by atoms with E-state index in [1.54, 1.807) is 17.0 Å². The maximum atomic E-state index is 12.8. The van der Waals surface area contributed by atoms with Crippen LogP contribution in [0, 0.1) is 5.41 Å². The Bertz CT molecular complexity index is 890. The molecule has 2 aromatic rings. The largest absolute Gasteiger partial charge is 0.494 e. The fourth-order valence-electron chi connectivity index (χ4n) is 3.30. The van der Waals surface area contributed by atoms with Gasteiger partial charge < -0.3 is 19.7 Å². The summed E-state index contributed by atoms with van der Waals surface area (Å²) in [4.78, 5) is 26.9. The Labute approximate surface area is 171 Å². The van der Waals surface area contributed by atoms with Crippen LogP contribution in [0.1, 0.15) is 33.3 Å². The van der Waals surface area contributed by atoms with E-state index in [1.807, 2.05) is 58.0 Å². The number of rotatable bonds is 6. The number of carbonyl (C=O) groups is 2. The molecule has 1 N–H and O–H groups in total. The molecular weight excluding hydrogens is 368 g/mol. The average Bonchev–Trinajstić information content (AvgIpc) is 2.78. The van der Waals surface area contributed by atoms with Gasteiger partial charge >= 0.3 is 0 Å². The average molecular weight is 396 g/mol. The SMILES string of the molecule is CCOc1ccc(CC(=O)Nc2ccc3c(c2)OCC(C)(C)C(=O)N3CC)cc1. The van der Waals surface area contributed by atoms with Crippen LogP contribution in [0.25, 0.3) is 0 Å². The summed E-state index contributed by atoms with van der Waals surface area (Å²) in [5.74, 6) is 1.31. The highest BCUT2D eigenvalue weighted by Gasteiger charge is 2.37. The first kappa shape index (κ1) is 20.7. The summed E-state index contributed by atoms with van der Waals surface area (Å²) in [6, 6.07) is 12.9. The summed E-state index contributed by atoms with van der Waals surface area (Å²) in [7, 11) is 0. The third kappa shape index (κ3) is 4.70. The monoisotopic (exact) mass is 396 g/mol. The molecule has 154 valence electrons. The molecule has 0 radical (unpaired) electrons. The van der Waals surface area contributed by atoms with E-state index in [0.29, 0.717) is 31.2 Å². The highest BCUT2D eigenvalue weighted by molar-refractivity contribution is 6.00. The molecule has 0 unspecified atom stereocenters. The van der Waals surface area contributed by atoms with Gasteiger partial charge in [-0.1, -0.05) is 12.1 Å². The molecule has 0 saturated heterocycles. The number of anilines is 2. The fourth-order valence-corrected chi connectivity index (χ4v) is 3.30. The summed E-state index contributed by atoms with van der Waals surface area (Å²) in [6.07, 6.45) is 0.261. The first-order valence-electron chi connectivity index (χ1n) is 9.94. The van der Waals surface area contributed by atoms with E-state index >= 15 is 0 Å². The molecule has 1 aliphatic heterocycles. The van der Waals surface area contributed by atoms with Gasteiger partial charge in [0.05, 0.1) is 24.1 Å². The van der Waals surface area contributed by atoms with E-state index in [1.165, 1.54) is 0 Å². The van der Waals surface area contributed by atoms with Crippen molar-refractivity contribution < 1.29 is 19.1 Å². The van der Waals surface area contributed by atoms with Crippen molar-refractivity contribution in [3.05, 3.63) is 48.0 Å². The Morgan fingerprint density at radius 1 is 1.17 bits per heavy atom. The zero-order valence-corrected chi connectivity index (χ0v) is 17.5. The fraction of sp³-hybridized carbons (Fsp3) is 0.391. The van der Waals surface area contributed by atoms with Crippen LogP contribution in [0.2, 0.25) is 0 Å². The molecule has 2 amide bonds. The van der Waals surface area contributed by atoms with Crippen molar-refractivity contribution in [1.82, 2.24) is 0 Å². The summed E-state index contributed by atoms with van der Waals surface area (Å²) >= 11 is 0. The second kappa shape index (κ2) is 8.55. The number of amides is 2. The quantitative estimate of drug-likeness (QED) is 0.800. The van der Waals surface area contributed by atoms with E-state index in [9.17, 15) is 9.59 Å². The Balaban J connectivity index is 1.72. The van der Waals surface area contributed by atoms with Gasteiger partial charge in [-0.15, -0.1) is 0 Å². The minimum atomic E-state index is -0.605. The van der Waals surface area contributed by atoms with Gasteiger partial charge in [0.15, 0.2) is 0 Å². The Hall–Kier alpha value is -3.02. The Morgan fingerprint density at radius 3 is 2.55 bits per heavy atom. The third-order valence-electron chi connectivity index (χ3n) is 4.86. The lowest BCUT2D eigenvalue weighted by atomic mass is 9.93. The van der Waals surface area contributed by atoms with Crippen LogP contribution in [-0.4, -0.2) is 31.6 Å². The first-order chi connectivity index (χ1) is 13.8. The highest BCUT2D eigenvalue weighted by atomic mass is 16.5. The van der Waals surface area contributed by atoms with Crippen LogP contribution in [0.3, 0.4) is 0 Å². The highest BCUT2D eigenvalue weighted by Crippen LogP contribution is 2.38. The maximum absolute atomic E-state index is 12.8. The molecule has 0 aromatic heterocycles. The molecule has 0 bridgehead atoms. The molecule has 1 heterocycles. The van der Waals surface area contributed by atoms with Crippen molar-refractivity contribution in [2.24, 2.45) is 5.41 Å². The molecule has 0 spiro atoms. The van der Waals surface area contributed by atoms with Gasteiger partial charge in [0, 0.05) is 18.3 Å². The molecule has 3 rings (SSSR count). The smallest absolute Gasteiger partial charge is 0.236 e. The lowest BCUT2D eigenvalue weighted by Gasteiger charge is -2.26. The van der Waals surface area contributed by atoms with Gasteiger partial charge in [0.25, 0.3) is 0 Å². The summed E-state index contributed by atoms with van der Waals surface area (Å²) < 4.78 is 11.3. The van der Waals surface area contributed by atoms with Crippen molar-refractivity contribution in [3.63, 3.8) is 0 Å². The van der Waals surface area contributed by atoms with Crippen molar-refractivity contribution >= 4 is 23.2 Å². The zero-order chi connectivity index (χ0) is 21.0. The predicted octanol–water partition coefficient (Wildman–Crippen LogP) is 4.04. The van der Waals surface area contributed by atoms with Crippen LogP contribution in [0.5, 0.6) is 11.5 Å². The molecule has 6 nitrogen and oxygen atoms in total. The standard InChI is InChI=1S/C23H28N2O4/c1-5-25-19-12-9-17(14-20(19)29-15-23(3,4)22(25)27)24-21(26)13-16-7-10-18(11-8-16)28-6-2/h7-12,14H,5-6,13,15H2,1-4H3,(H,24,26). The summed E-state index contributed by atoms with van der Waals surface area (Å²) in [5, 5.41) is 2.91. The molecule has 0 atom stereocenters. The van der Waals surface area contributed by atoms with Crippen molar-refractivity contribution in [1.29, 1.82) is 0 Å². The third-order valence-corrected chi connectivity index (χ3v) is 4.86. The van der Waals surface area contributed by atoms with Crippen molar-refractivity contribution in [2.75, 3.05) is 30.0 Å². The van der Waals surface area contributed by atoms with Crippen molar-refractivity contribution in [3.8, 4) is 11.5 Å². The zero-order valence-electron chi connectivity index (χ0n) is 17.5. The number of hydrogen-bond acceptors (Lipinski definition) is 4. The lowest BCUT2D eigenvalue weighted by molar-refractivity contribution is -0.127. The second-order valence-electron chi connectivity index (χ2n) is 7.71. The number of hydrogen-bond donors (Lipinski definition) is 1. The van der Waals surface area contributed by atoms with Gasteiger partial charge in [0.1, 0.15) is 18.1 Å². The van der Waals surface area contributed by atoms with Crippen LogP contribution in [0.4, 0.5) is 11.4 Å². The van der Waals surface area contributed by atoms with E-state index in [0.717, 1.165) is 17.0 Å². The maximum Gasteiger partial charge on any atom is 0.236 e. The van der Waals surface area contributed by atoms with Crippen molar-refractivity contribution in [2.45, 2.75) is 34.1 Å². The molecular formula is C23H28N2O4.